The van der Waals surface area contributed by atoms with Gasteiger partial charge in [0, 0.05) is 12.3 Å². The lowest BCUT2D eigenvalue weighted by molar-refractivity contribution is -0.147. The van der Waals surface area contributed by atoms with Crippen molar-refractivity contribution in [1.82, 2.24) is 4.90 Å². The molecule has 4 nitrogen and oxygen atoms in total. The van der Waals surface area contributed by atoms with Gasteiger partial charge in [-0.05, 0) is 26.2 Å². The zero-order chi connectivity index (χ0) is 19.0. The van der Waals surface area contributed by atoms with Crippen molar-refractivity contribution in [1.29, 1.82) is 0 Å². The first-order valence-corrected chi connectivity index (χ1v) is 9.61. The van der Waals surface area contributed by atoms with E-state index in [0.29, 0.717) is 6.42 Å². The highest BCUT2D eigenvalue weighted by Gasteiger charge is 2.55. The van der Waals surface area contributed by atoms with Crippen LogP contribution in [0.1, 0.15) is 40.5 Å². The summed E-state index contributed by atoms with van der Waals surface area (Å²) < 4.78 is -1.62. The Kier molecular flexibility index (Phi) is 7.58. The molecule has 1 aliphatic rings. The molecule has 0 spiro atoms. The third-order valence-electron chi connectivity index (χ3n) is 4.56. The lowest BCUT2D eigenvalue weighted by Crippen LogP contribution is -2.44. The standard InChI is InChI=1S/C15H22Cl5NO3/c1-7(12(16)17)5-9-11(23)14(3,4)13(24)21(9)10(22)6-8(2)15(18,19)20/h7-9,11-12,23H,5-6H2,1-4H3/t7?,8?,9-,11+/m0/s1. The van der Waals surface area contributed by atoms with Crippen LogP contribution in [0.15, 0.2) is 0 Å². The number of alkyl halides is 5. The lowest BCUT2D eigenvalue weighted by atomic mass is 9.84. The van der Waals surface area contributed by atoms with E-state index in [1.165, 1.54) is 0 Å². The predicted octanol–water partition coefficient (Wildman–Crippen LogP) is 4.34. The fourth-order valence-electron chi connectivity index (χ4n) is 2.70. The van der Waals surface area contributed by atoms with Gasteiger partial charge in [-0.3, -0.25) is 14.5 Å². The number of likely N-dealkylation sites (tertiary alicyclic amines) is 1. The molecule has 1 saturated heterocycles. The normalized spacial score (nSPS) is 26.8. The van der Waals surface area contributed by atoms with Gasteiger partial charge in [0.25, 0.3) is 0 Å². The smallest absolute Gasteiger partial charge is 0.237 e. The Bertz CT molecular complexity index is 492. The Hall–Kier alpha value is 0.550. The molecule has 0 radical (unpaired) electrons. The number of rotatable bonds is 5. The monoisotopic (exact) mass is 439 g/mol. The van der Waals surface area contributed by atoms with Crippen LogP contribution >= 0.6 is 58.0 Å². The van der Waals surface area contributed by atoms with Gasteiger partial charge in [0.1, 0.15) is 4.84 Å². The van der Waals surface area contributed by atoms with Crippen LogP contribution in [0.5, 0.6) is 0 Å². The van der Waals surface area contributed by atoms with Gasteiger partial charge in [-0.1, -0.05) is 48.7 Å². The Balaban J connectivity index is 3.06. The molecule has 9 heteroatoms. The van der Waals surface area contributed by atoms with E-state index in [4.69, 9.17) is 58.0 Å². The summed E-state index contributed by atoms with van der Waals surface area (Å²) in [4.78, 5) is 25.7. The number of halogens is 5. The van der Waals surface area contributed by atoms with E-state index in [-0.39, 0.29) is 12.3 Å². The minimum atomic E-state index is -1.62. The molecule has 1 N–H and O–H groups in total. The zero-order valence-electron chi connectivity index (χ0n) is 13.9. The SMILES string of the molecule is CC(C[C@H]1[C@@H](O)C(C)(C)C(=O)N1C(=O)CC(C)C(Cl)(Cl)Cl)C(Cl)Cl. The second kappa shape index (κ2) is 8.06. The zero-order valence-corrected chi connectivity index (χ0v) is 17.7. The Morgan fingerprint density at radius 3 is 2.21 bits per heavy atom. The molecule has 4 atom stereocenters. The van der Waals surface area contributed by atoms with Crippen molar-refractivity contribution < 1.29 is 14.7 Å². The summed E-state index contributed by atoms with van der Waals surface area (Å²) in [5.41, 5.74) is -1.09. The fourth-order valence-corrected chi connectivity index (χ4v) is 3.14. The molecule has 0 aliphatic carbocycles. The highest BCUT2D eigenvalue weighted by Crippen LogP contribution is 2.42. The van der Waals surface area contributed by atoms with E-state index in [2.05, 4.69) is 0 Å². The Morgan fingerprint density at radius 1 is 1.29 bits per heavy atom. The van der Waals surface area contributed by atoms with E-state index in [0.717, 1.165) is 4.90 Å². The summed E-state index contributed by atoms with van der Waals surface area (Å²) in [5, 5.41) is 10.6. The van der Waals surface area contributed by atoms with Crippen molar-refractivity contribution in [2.75, 3.05) is 0 Å². The van der Waals surface area contributed by atoms with Crippen LogP contribution in [0.2, 0.25) is 0 Å². The first kappa shape index (κ1) is 22.6. The van der Waals surface area contributed by atoms with E-state index in [1.807, 2.05) is 0 Å². The number of hydrogen-bond donors (Lipinski definition) is 1. The summed E-state index contributed by atoms with van der Waals surface area (Å²) in [6, 6.07) is -0.711. The average Bonchev–Trinajstić information content (AvgIpc) is 2.58. The van der Waals surface area contributed by atoms with Crippen molar-refractivity contribution in [2.45, 2.75) is 61.3 Å². The maximum absolute atomic E-state index is 12.7. The summed E-state index contributed by atoms with van der Waals surface area (Å²) in [6.07, 6.45) is -0.852. The molecule has 0 aromatic heterocycles. The molecule has 1 aliphatic heterocycles. The molecule has 0 aromatic rings. The van der Waals surface area contributed by atoms with Crippen molar-refractivity contribution in [3.05, 3.63) is 0 Å². The number of aliphatic hydroxyl groups excluding tert-OH is 1. The van der Waals surface area contributed by atoms with Crippen LogP contribution in [0.3, 0.4) is 0 Å². The molecule has 1 rings (SSSR count). The van der Waals surface area contributed by atoms with E-state index in [9.17, 15) is 14.7 Å². The first-order chi connectivity index (χ1) is 10.7. The second-order valence-corrected chi connectivity index (χ2v) is 10.5. The van der Waals surface area contributed by atoms with Crippen LogP contribution in [0.25, 0.3) is 0 Å². The quantitative estimate of drug-likeness (QED) is 0.646. The summed E-state index contributed by atoms with van der Waals surface area (Å²) in [7, 11) is 0. The fraction of sp³-hybridized carbons (Fsp3) is 0.867. The van der Waals surface area contributed by atoms with Gasteiger partial charge in [0.15, 0.2) is 3.79 Å². The number of amides is 2. The number of hydrogen-bond acceptors (Lipinski definition) is 3. The maximum Gasteiger partial charge on any atom is 0.237 e. The van der Waals surface area contributed by atoms with Crippen LogP contribution in [-0.2, 0) is 9.59 Å². The minimum Gasteiger partial charge on any atom is -0.390 e. The highest BCUT2D eigenvalue weighted by atomic mass is 35.6. The van der Waals surface area contributed by atoms with E-state index >= 15 is 0 Å². The van der Waals surface area contributed by atoms with Gasteiger partial charge in [-0.15, -0.1) is 23.2 Å². The molecule has 0 saturated carbocycles. The van der Waals surface area contributed by atoms with Gasteiger partial charge < -0.3 is 5.11 Å². The van der Waals surface area contributed by atoms with Gasteiger partial charge in [0.2, 0.25) is 11.8 Å². The van der Waals surface area contributed by atoms with Crippen molar-refractivity contribution in [2.24, 2.45) is 17.3 Å². The van der Waals surface area contributed by atoms with Crippen LogP contribution in [0, 0.1) is 17.3 Å². The highest BCUT2D eigenvalue weighted by molar-refractivity contribution is 6.67. The number of imide groups is 1. The largest absolute Gasteiger partial charge is 0.390 e. The van der Waals surface area contributed by atoms with Gasteiger partial charge in [0.05, 0.1) is 17.6 Å². The first-order valence-electron chi connectivity index (χ1n) is 7.60. The average molecular weight is 442 g/mol. The number of carbonyl (C=O) groups is 2. The molecule has 140 valence electrons. The molecular formula is C15H22Cl5NO3. The second-order valence-electron chi connectivity index (χ2n) is 7.00. The Morgan fingerprint density at radius 2 is 1.79 bits per heavy atom. The van der Waals surface area contributed by atoms with Crippen LogP contribution in [0.4, 0.5) is 0 Å². The van der Waals surface area contributed by atoms with E-state index < -0.39 is 43.9 Å². The molecular weight excluding hydrogens is 419 g/mol. The summed E-state index contributed by atoms with van der Waals surface area (Å²) >= 11 is 29.2. The molecule has 24 heavy (non-hydrogen) atoms. The molecule has 1 heterocycles. The van der Waals surface area contributed by atoms with E-state index in [1.54, 1.807) is 27.7 Å². The van der Waals surface area contributed by atoms with Crippen molar-refractivity contribution >= 4 is 69.8 Å². The van der Waals surface area contributed by atoms with Gasteiger partial charge in [-0.2, -0.15) is 0 Å². The summed E-state index contributed by atoms with van der Waals surface area (Å²) in [6.45, 7) is 6.60. The Labute approximate surface area is 167 Å². The molecule has 0 bridgehead atoms. The third kappa shape index (κ3) is 4.83. The van der Waals surface area contributed by atoms with Crippen molar-refractivity contribution in [3.63, 3.8) is 0 Å². The summed E-state index contributed by atoms with van der Waals surface area (Å²) in [5.74, 6) is -1.73. The number of carbonyl (C=O) groups excluding carboxylic acids is 2. The number of nitrogens with zero attached hydrogens (tertiary/aromatic N) is 1. The molecule has 1 fully saturated rings. The molecule has 0 aromatic carbocycles. The minimum absolute atomic E-state index is 0.124. The lowest BCUT2D eigenvalue weighted by Gasteiger charge is -2.29. The third-order valence-corrected chi connectivity index (χ3v) is 6.54. The number of aliphatic hydroxyl groups is 1. The molecule has 2 amide bonds. The van der Waals surface area contributed by atoms with Crippen LogP contribution < -0.4 is 0 Å². The predicted molar refractivity (Wildman–Crippen MR) is 98.8 cm³/mol. The molecule has 2 unspecified atom stereocenters. The maximum atomic E-state index is 12.7. The topological polar surface area (TPSA) is 57.6 Å². The van der Waals surface area contributed by atoms with Gasteiger partial charge >= 0.3 is 0 Å². The van der Waals surface area contributed by atoms with Crippen molar-refractivity contribution in [3.8, 4) is 0 Å². The van der Waals surface area contributed by atoms with Crippen LogP contribution in [-0.4, -0.2) is 42.6 Å². The van der Waals surface area contributed by atoms with Gasteiger partial charge in [-0.25, -0.2) is 0 Å².